The Morgan fingerprint density at radius 3 is 2.13 bits per heavy atom. The lowest BCUT2D eigenvalue weighted by atomic mass is 10.0. The van der Waals surface area contributed by atoms with Crippen molar-refractivity contribution < 1.29 is 9.84 Å². The summed E-state index contributed by atoms with van der Waals surface area (Å²) in [6.45, 7) is 8.05. The van der Waals surface area contributed by atoms with E-state index in [1.54, 1.807) is 12.1 Å². The quantitative estimate of drug-likeness (QED) is 0.755. The smallest absolute Gasteiger partial charge is 0.115 e. The zero-order valence-corrected chi connectivity index (χ0v) is 15.1. The molecule has 0 atom stereocenters. The van der Waals surface area contributed by atoms with Crippen LogP contribution in [-0.4, -0.2) is 18.3 Å². The molecule has 1 fully saturated rings. The number of phenols is 1. The lowest BCUT2D eigenvalue weighted by molar-refractivity contribution is 0.198. The monoisotopic (exact) mass is 334 g/mol. The maximum Gasteiger partial charge on any atom is 0.115 e. The fourth-order valence-corrected chi connectivity index (χ4v) is 2.37. The molecule has 0 aromatic heterocycles. The molecule has 3 rings (SSSR count). The largest absolute Gasteiger partial charge is 0.508 e. The number of aryl methyl sites for hydroxylation is 1. The van der Waals surface area contributed by atoms with E-state index >= 15 is 0 Å². The van der Waals surface area contributed by atoms with Gasteiger partial charge in [0.05, 0.1) is 0 Å². The van der Waals surface area contributed by atoms with Crippen LogP contribution in [-0.2, 0) is 11.2 Å². The third kappa shape index (κ3) is 7.54. The van der Waals surface area contributed by atoms with E-state index in [9.17, 15) is 5.11 Å². The first-order valence-corrected chi connectivity index (χ1v) is 8.63. The third-order valence-electron chi connectivity index (χ3n) is 3.36. The number of hydrogen-bond donors (Lipinski definition) is 1. The Morgan fingerprint density at radius 1 is 1.00 bits per heavy atom. The van der Waals surface area contributed by atoms with Crippen molar-refractivity contribution >= 4 is 11.6 Å². The van der Waals surface area contributed by atoms with Gasteiger partial charge < -0.3 is 9.84 Å². The summed E-state index contributed by atoms with van der Waals surface area (Å²) in [7, 11) is 0. The van der Waals surface area contributed by atoms with E-state index in [1.165, 1.54) is 18.4 Å². The van der Waals surface area contributed by atoms with E-state index in [1.807, 2.05) is 38.1 Å². The van der Waals surface area contributed by atoms with Crippen molar-refractivity contribution in [3.05, 3.63) is 64.2 Å². The van der Waals surface area contributed by atoms with E-state index < -0.39 is 0 Å². The van der Waals surface area contributed by atoms with Crippen LogP contribution in [0.1, 0.15) is 43.4 Å². The van der Waals surface area contributed by atoms with Gasteiger partial charge in [0.1, 0.15) is 5.75 Å². The van der Waals surface area contributed by atoms with Crippen LogP contribution in [0.15, 0.2) is 42.5 Å². The third-order valence-corrected chi connectivity index (χ3v) is 3.73. The summed E-state index contributed by atoms with van der Waals surface area (Å²) in [5, 5.41) is 9.99. The SMILES string of the molecule is C1CCOC1.CC.Cc1ccc(Cl)c(Cc2ccc(O)cc2)c1. The molecule has 1 N–H and O–H groups in total. The van der Waals surface area contributed by atoms with Gasteiger partial charge in [0.2, 0.25) is 0 Å². The van der Waals surface area contributed by atoms with Crippen LogP contribution >= 0.6 is 11.6 Å². The maximum atomic E-state index is 9.20. The molecule has 0 unspecified atom stereocenters. The minimum Gasteiger partial charge on any atom is -0.508 e. The molecule has 0 amide bonds. The molecule has 1 heterocycles. The molecule has 1 saturated heterocycles. The summed E-state index contributed by atoms with van der Waals surface area (Å²) in [6, 6.07) is 13.2. The highest BCUT2D eigenvalue weighted by Crippen LogP contribution is 2.21. The fraction of sp³-hybridized carbons (Fsp3) is 0.400. The Labute approximate surface area is 145 Å². The number of aromatic hydroxyl groups is 1. The Morgan fingerprint density at radius 2 is 1.61 bits per heavy atom. The summed E-state index contributed by atoms with van der Waals surface area (Å²) >= 11 is 6.13. The predicted molar refractivity (Wildman–Crippen MR) is 98.5 cm³/mol. The van der Waals surface area contributed by atoms with Crippen LogP contribution in [0.2, 0.25) is 5.02 Å². The Balaban J connectivity index is 0.000000317. The van der Waals surface area contributed by atoms with E-state index in [4.69, 9.17) is 16.3 Å². The molecular weight excluding hydrogens is 308 g/mol. The number of ether oxygens (including phenoxy) is 1. The van der Waals surface area contributed by atoms with Crippen LogP contribution < -0.4 is 0 Å². The average Bonchev–Trinajstić information content (AvgIpc) is 3.15. The molecule has 1 aliphatic rings. The summed E-state index contributed by atoms with van der Waals surface area (Å²) in [5.74, 6) is 0.291. The van der Waals surface area contributed by atoms with Crippen LogP contribution in [0.4, 0.5) is 0 Å². The molecule has 0 spiro atoms. The van der Waals surface area contributed by atoms with Crippen LogP contribution in [0.25, 0.3) is 0 Å². The number of halogens is 1. The highest BCUT2D eigenvalue weighted by atomic mass is 35.5. The van der Waals surface area contributed by atoms with Gasteiger partial charge in [-0.05, 0) is 55.5 Å². The summed E-state index contributed by atoms with van der Waals surface area (Å²) in [6.07, 6.45) is 3.35. The van der Waals surface area contributed by atoms with Gasteiger partial charge in [0.25, 0.3) is 0 Å². The van der Waals surface area contributed by atoms with E-state index in [2.05, 4.69) is 13.0 Å². The minimum atomic E-state index is 0.291. The first-order chi connectivity index (χ1) is 11.1. The van der Waals surface area contributed by atoms with Gasteiger partial charge in [0.15, 0.2) is 0 Å². The second-order valence-electron chi connectivity index (χ2n) is 5.26. The van der Waals surface area contributed by atoms with Crippen LogP contribution in [0.3, 0.4) is 0 Å². The standard InChI is InChI=1S/C14H13ClO.C4H8O.C2H6/c1-10-2-7-14(15)12(8-10)9-11-3-5-13(16)6-4-11;1-2-4-5-3-1;1-2/h2-8,16H,9H2,1H3;1-4H2;1-2H3. The maximum absolute atomic E-state index is 9.20. The molecule has 2 aromatic carbocycles. The summed E-state index contributed by atoms with van der Waals surface area (Å²) < 4.78 is 4.94. The van der Waals surface area contributed by atoms with Gasteiger partial charge >= 0.3 is 0 Å². The highest BCUT2D eigenvalue weighted by Gasteiger charge is 2.02. The van der Waals surface area contributed by atoms with Crippen molar-refractivity contribution in [2.45, 2.75) is 40.0 Å². The van der Waals surface area contributed by atoms with Gasteiger partial charge in [-0.3, -0.25) is 0 Å². The van der Waals surface area contributed by atoms with Gasteiger partial charge in [-0.25, -0.2) is 0 Å². The molecule has 0 bridgehead atoms. The van der Waals surface area contributed by atoms with E-state index in [-0.39, 0.29) is 0 Å². The predicted octanol–water partition coefficient (Wildman–Crippen LogP) is 5.77. The zero-order chi connectivity index (χ0) is 17.1. The first kappa shape index (κ1) is 19.5. The highest BCUT2D eigenvalue weighted by molar-refractivity contribution is 6.31. The number of hydrogen-bond acceptors (Lipinski definition) is 2. The number of benzene rings is 2. The van der Waals surface area contributed by atoms with Crippen molar-refractivity contribution in [2.75, 3.05) is 13.2 Å². The molecule has 3 heteroatoms. The number of rotatable bonds is 2. The van der Waals surface area contributed by atoms with Crippen molar-refractivity contribution in [3.8, 4) is 5.75 Å². The van der Waals surface area contributed by atoms with E-state index in [0.717, 1.165) is 35.8 Å². The normalized spacial score (nSPS) is 12.7. The fourth-order valence-electron chi connectivity index (χ4n) is 2.18. The molecule has 0 saturated carbocycles. The average molecular weight is 335 g/mol. The minimum absolute atomic E-state index is 0.291. The lowest BCUT2D eigenvalue weighted by Crippen LogP contribution is -1.90. The van der Waals surface area contributed by atoms with Crippen molar-refractivity contribution in [1.29, 1.82) is 0 Å². The van der Waals surface area contributed by atoms with Gasteiger partial charge in [-0.15, -0.1) is 0 Å². The lowest BCUT2D eigenvalue weighted by Gasteiger charge is -2.06. The molecule has 2 aromatic rings. The first-order valence-electron chi connectivity index (χ1n) is 8.26. The van der Waals surface area contributed by atoms with Crippen molar-refractivity contribution in [3.63, 3.8) is 0 Å². The molecule has 23 heavy (non-hydrogen) atoms. The Kier molecular flexibility index (Phi) is 9.42. The Hall–Kier alpha value is -1.51. The van der Waals surface area contributed by atoms with Gasteiger partial charge in [-0.2, -0.15) is 0 Å². The van der Waals surface area contributed by atoms with Crippen molar-refractivity contribution in [1.82, 2.24) is 0 Å². The number of phenolic OH excluding ortho intramolecular Hbond substituents is 1. The summed E-state index contributed by atoms with van der Waals surface area (Å²) in [5.41, 5.74) is 3.47. The molecular formula is C20H27ClO2. The summed E-state index contributed by atoms with van der Waals surface area (Å²) in [4.78, 5) is 0. The molecule has 0 aliphatic carbocycles. The second-order valence-corrected chi connectivity index (χ2v) is 5.66. The van der Waals surface area contributed by atoms with Crippen LogP contribution in [0, 0.1) is 6.92 Å². The molecule has 126 valence electrons. The molecule has 0 radical (unpaired) electrons. The zero-order valence-electron chi connectivity index (χ0n) is 14.3. The van der Waals surface area contributed by atoms with Gasteiger partial charge in [0, 0.05) is 18.2 Å². The van der Waals surface area contributed by atoms with Crippen molar-refractivity contribution in [2.24, 2.45) is 0 Å². The second kappa shape index (κ2) is 11.1. The molecule has 1 aliphatic heterocycles. The van der Waals surface area contributed by atoms with Crippen LogP contribution in [0.5, 0.6) is 5.75 Å². The van der Waals surface area contributed by atoms with E-state index in [0.29, 0.717) is 5.75 Å². The van der Waals surface area contributed by atoms with Gasteiger partial charge in [-0.1, -0.05) is 55.3 Å². The molecule has 2 nitrogen and oxygen atoms in total. The topological polar surface area (TPSA) is 29.5 Å². The Bertz CT molecular complexity index is 553.